The predicted octanol–water partition coefficient (Wildman–Crippen LogP) is 4.47. The Labute approximate surface area is 128 Å². The summed E-state index contributed by atoms with van der Waals surface area (Å²) in [7, 11) is 0. The molecule has 1 atom stereocenters. The Hall–Kier alpha value is -2.13. The van der Waals surface area contributed by atoms with Gasteiger partial charge in [-0.05, 0) is 36.1 Å². The number of benzene rings is 2. The highest BCUT2D eigenvalue weighted by Gasteiger charge is 2.25. The van der Waals surface area contributed by atoms with Crippen molar-refractivity contribution in [1.82, 2.24) is 4.98 Å². The number of anilines is 1. The van der Waals surface area contributed by atoms with Crippen molar-refractivity contribution in [1.29, 1.82) is 0 Å². The molecule has 0 saturated heterocycles. The van der Waals surface area contributed by atoms with Gasteiger partial charge in [0.15, 0.2) is 0 Å². The van der Waals surface area contributed by atoms with E-state index in [1.54, 1.807) is 11.3 Å². The maximum Gasteiger partial charge on any atom is 0.101 e. The van der Waals surface area contributed by atoms with Gasteiger partial charge in [-0.1, -0.05) is 36.4 Å². The van der Waals surface area contributed by atoms with Crippen LogP contribution in [-0.4, -0.2) is 4.98 Å². The zero-order valence-corrected chi connectivity index (χ0v) is 12.4. The number of hydrogen-bond donors (Lipinski definition) is 1. The molecule has 0 saturated carbocycles. The largest absolute Gasteiger partial charge is 0.399 e. The minimum atomic E-state index is 0.466. The highest BCUT2D eigenvalue weighted by Crippen LogP contribution is 2.40. The van der Waals surface area contributed by atoms with Gasteiger partial charge < -0.3 is 5.73 Å². The molecule has 2 aromatic carbocycles. The molecule has 21 heavy (non-hydrogen) atoms. The molecular formula is C18H16N2S. The van der Waals surface area contributed by atoms with E-state index in [-0.39, 0.29) is 0 Å². The molecule has 0 fully saturated rings. The number of aromatic nitrogens is 1. The van der Waals surface area contributed by atoms with Crippen molar-refractivity contribution in [3.63, 3.8) is 0 Å². The summed E-state index contributed by atoms with van der Waals surface area (Å²) in [5, 5.41) is 3.38. The zero-order valence-electron chi connectivity index (χ0n) is 11.6. The number of nitrogens with zero attached hydrogens (tertiary/aromatic N) is 1. The molecule has 1 aliphatic carbocycles. The Morgan fingerprint density at radius 3 is 2.71 bits per heavy atom. The molecule has 0 bridgehead atoms. The third-order valence-corrected chi connectivity index (χ3v) is 5.12. The number of nitrogen functional groups attached to an aromatic ring is 1. The average Bonchev–Trinajstić information content (AvgIpc) is 3.14. The molecular weight excluding hydrogens is 276 g/mol. The van der Waals surface area contributed by atoms with Crippen LogP contribution in [0.25, 0.3) is 11.3 Å². The van der Waals surface area contributed by atoms with Crippen LogP contribution in [0.2, 0.25) is 0 Å². The Morgan fingerprint density at radius 1 is 1.05 bits per heavy atom. The minimum absolute atomic E-state index is 0.466. The second-order valence-electron chi connectivity index (χ2n) is 5.48. The zero-order chi connectivity index (χ0) is 14.2. The summed E-state index contributed by atoms with van der Waals surface area (Å²) in [6.07, 6.45) is 2.34. The quantitative estimate of drug-likeness (QED) is 0.708. The molecule has 0 spiro atoms. The smallest absolute Gasteiger partial charge is 0.101 e. The summed E-state index contributed by atoms with van der Waals surface area (Å²) >= 11 is 1.77. The van der Waals surface area contributed by atoms with Gasteiger partial charge in [-0.3, -0.25) is 0 Å². The van der Waals surface area contributed by atoms with E-state index < -0.39 is 0 Å². The van der Waals surface area contributed by atoms with Gasteiger partial charge in [0.2, 0.25) is 0 Å². The van der Waals surface area contributed by atoms with Crippen LogP contribution in [0.1, 0.15) is 28.5 Å². The molecule has 0 aliphatic heterocycles. The van der Waals surface area contributed by atoms with Crippen molar-refractivity contribution >= 4 is 17.0 Å². The van der Waals surface area contributed by atoms with E-state index in [1.165, 1.54) is 22.6 Å². The van der Waals surface area contributed by atoms with Crippen molar-refractivity contribution in [2.45, 2.75) is 18.8 Å². The number of thiazole rings is 1. The number of hydrogen-bond acceptors (Lipinski definition) is 3. The third kappa shape index (κ3) is 2.24. The van der Waals surface area contributed by atoms with Crippen LogP contribution in [-0.2, 0) is 6.42 Å². The second kappa shape index (κ2) is 5.01. The van der Waals surface area contributed by atoms with E-state index in [2.05, 4.69) is 29.6 Å². The standard InChI is InChI=1S/C18H16N2S/c19-14-8-5-13(6-9-14)17-11-21-18(20-17)16-10-7-12-3-1-2-4-15(12)16/h1-6,8-9,11,16H,7,10,19H2. The Balaban J connectivity index is 1.68. The van der Waals surface area contributed by atoms with Crippen molar-refractivity contribution < 1.29 is 0 Å². The van der Waals surface area contributed by atoms with Crippen LogP contribution in [0, 0.1) is 0 Å². The van der Waals surface area contributed by atoms with Gasteiger partial charge in [-0.15, -0.1) is 11.3 Å². The number of rotatable bonds is 2. The van der Waals surface area contributed by atoms with E-state index in [9.17, 15) is 0 Å². The lowest BCUT2D eigenvalue weighted by molar-refractivity contribution is 0.781. The molecule has 1 aliphatic rings. The predicted molar refractivity (Wildman–Crippen MR) is 88.6 cm³/mol. The van der Waals surface area contributed by atoms with Gasteiger partial charge in [-0.2, -0.15) is 0 Å². The van der Waals surface area contributed by atoms with E-state index >= 15 is 0 Å². The monoisotopic (exact) mass is 292 g/mol. The topological polar surface area (TPSA) is 38.9 Å². The molecule has 4 rings (SSSR count). The molecule has 0 radical (unpaired) electrons. The van der Waals surface area contributed by atoms with Gasteiger partial charge in [-0.25, -0.2) is 4.98 Å². The normalized spacial score (nSPS) is 16.9. The summed E-state index contributed by atoms with van der Waals surface area (Å²) < 4.78 is 0. The Bertz CT molecular complexity index is 774. The SMILES string of the molecule is Nc1ccc(-c2csc(C3CCc4ccccc43)n2)cc1. The van der Waals surface area contributed by atoms with Gasteiger partial charge >= 0.3 is 0 Å². The summed E-state index contributed by atoms with van der Waals surface area (Å²) in [5.41, 5.74) is 11.7. The van der Waals surface area contributed by atoms with Crippen LogP contribution in [0.4, 0.5) is 5.69 Å². The molecule has 1 aromatic heterocycles. The molecule has 0 amide bonds. The number of aryl methyl sites for hydroxylation is 1. The molecule has 1 unspecified atom stereocenters. The molecule has 3 aromatic rings. The average molecular weight is 292 g/mol. The van der Waals surface area contributed by atoms with E-state index in [0.717, 1.165) is 23.4 Å². The van der Waals surface area contributed by atoms with E-state index in [1.807, 2.05) is 24.3 Å². The van der Waals surface area contributed by atoms with Crippen molar-refractivity contribution in [2.24, 2.45) is 0 Å². The van der Waals surface area contributed by atoms with E-state index in [4.69, 9.17) is 10.7 Å². The highest BCUT2D eigenvalue weighted by atomic mass is 32.1. The molecule has 104 valence electrons. The van der Waals surface area contributed by atoms with Crippen LogP contribution in [0.5, 0.6) is 0 Å². The molecule has 2 nitrogen and oxygen atoms in total. The van der Waals surface area contributed by atoms with Gasteiger partial charge in [0, 0.05) is 22.5 Å². The lowest BCUT2D eigenvalue weighted by atomic mass is 10.0. The maximum absolute atomic E-state index is 5.74. The Kier molecular flexibility index (Phi) is 3.00. The molecule has 1 heterocycles. The minimum Gasteiger partial charge on any atom is -0.399 e. The fraction of sp³-hybridized carbons (Fsp3) is 0.167. The lowest BCUT2D eigenvalue weighted by Crippen LogP contribution is -1.95. The number of nitrogens with two attached hydrogens (primary N) is 1. The molecule has 3 heteroatoms. The third-order valence-electron chi connectivity index (χ3n) is 4.16. The summed E-state index contributed by atoms with van der Waals surface area (Å²) in [5.74, 6) is 0.466. The summed E-state index contributed by atoms with van der Waals surface area (Å²) in [6.45, 7) is 0. The Morgan fingerprint density at radius 2 is 1.86 bits per heavy atom. The maximum atomic E-state index is 5.74. The van der Waals surface area contributed by atoms with Gasteiger partial charge in [0.1, 0.15) is 5.01 Å². The lowest BCUT2D eigenvalue weighted by Gasteiger charge is -2.07. The fourth-order valence-corrected chi connectivity index (χ4v) is 4.03. The van der Waals surface area contributed by atoms with Crippen LogP contribution in [0.15, 0.2) is 53.9 Å². The first kappa shape index (κ1) is 12.6. The van der Waals surface area contributed by atoms with Crippen LogP contribution in [0.3, 0.4) is 0 Å². The van der Waals surface area contributed by atoms with Crippen molar-refractivity contribution in [2.75, 3.05) is 5.73 Å². The fourth-order valence-electron chi connectivity index (χ4n) is 3.05. The first-order valence-corrected chi connectivity index (χ1v) is 8.08. The molecule has 2 N–H and O–H groups in total. The van der Waals surface area contributed by atoms with Crippen LogP contribution < -0.4 is 5.73 Å². The van der Waals surface area contributed by atoms with Crippen molar-refractivity contribution in [3.05, 3.63) is 70.0 Å². The van der Waals surface area contributed by atoms with Crippen LogP contribution >= 0.6 is 11.3 Å². The van der Waals surface area contributed by atoms with Gasteiger partial charge in [0.25, 0.3) is 0 Å². The van der Waals surface area contributed by atoms with E-state index in [0.29, 0.717) is 5.92 Å². The number of fused-ring (bicyclic) bond motifs is 1. The van der Waals surface area contributed by atoms with Gasteiger partial charge in [0.05, 0.1) is 5.69 Å². The first-order valence-electron chi connectivity index (χ1n) is 7.20. The summed E-state index contributed by atoms with van der Waals surface area (Å²) in [6, 6.07) is 16.7. The van der Waals surface area contributed by atoms with Crippen molar-refractivity contribution in [3.8, 4) is 11.3 Å². The summed E-state index contributed by atoms with van der Waals surface area (Å²) in [4.78, 5) is 4.87. The second-order valence-corrected chi connectivity index (χ2v) is 6.37. The highest BCUT2D eigenvalue weighted by molar-refractivity contribution is 7.10. The first-order chi connectivity index (χ1) is 10.3.